The van der Waals surface area contributed by atoms with Crippen LogP contribution in [0.3, 0.4) is 0 Å². The molecule has 1 rings (SSSR count). The maximum atomic E-state index is 11.4. The van der Waals surface area contributed by atoms with Crippen molar-refractivity contribution in [1.29, 1.82) is 0 Å². The first-order chi connectivity index (χ1) is 8.15. The molecule has 1 aromatic rings. The van der Waals surface area contributed by atoms with Gasteiger partial charge in [-0.1, -0.05) is 18.2 Å². The second kappa shape index (κ2) is 7.17. The number of likely N-dealkylation sites (N-methyl/N-ethyl adjacent to an activating group) is 1. The second-order valence-electron chi connectivity index (χ2n) is 3.87. The lowest BCUT2D eigenvalue weighted by Gasteiger charge is -2.17. The summed E-state index contributed by atoms with van der Waals surface area (Å²) in [5, 5.41) is 0. The number of aryl methyl sites for hydroxylation is 1. The molecule has 0 heterocycles. The fourth-order valence-electron chi connectivity index (χ4n) is 1.41. The average molecular weight is 256 g/mol. The lowest BCUT2D eigenvalue weighted by atomic mass is 10.2. The molecule has 3 nitrogen and oxygen atoms in total. The van der Waals surface area contributed by atoms with E-state index in [0.29, 0.717) is 25.5 Å². The highest BCUT2D eigenvalue weighted by Gasteiger charge is 2.07. The van der Waals surface area contributed by atoms with Crippen LogP contribution >= 0.6 is 11.6 Å². The molecule has 0 aromatic heterocycles. The summed E-state index contributed by atoms with van der Waals surface area (Å²) in [7, 11) is 1.76. The molecule has 1 amide bonds. The smallest absolute Gasteiger partial charge is 0.223 e. The Kier molecular flexibility index (Phi) is 5.84. The maximum Gasteiger partial charge on any atom is 0.223 e. The van der Waals surface area contributed by atoms with E-state index in [-0.39, 0.29) is 5.91 Å². The SMILES string of the molecule is Cc1ccccc1OCCN(C)C(=O)CCCl. The van der Waals surface area contributed by atoms with E-state index in [1.165, 1.54) is 0 Å². The summed E-state index contributed by atoms with van der Waals surface area (Å²) < 4.78 is 5.61. The minimum absolute atomic E-state index is 0.0494. The van der Waals surface area contributed by atoms with Crippen LogP contribution in [0.4, 0.5) is 0 Å². The number of halogens is 1. The summed E-state index contributed by atoms with van der Waals surface area (Å²) in [5.41, 5.74) is 1.10. The summed E-state index contributed by atoms with van der Waals surface area (Å²) in [6.07, 6.45) is 0.377. The number of carbonyl (C=O) groups is 1. The summed E-state index contributed by atoms with van der Waals surface area (Å²) in [5.74, 6) is 1.28. The van der Waals surface area contributed by atoms with E-state index in [4.69, 9.17) is 16.3 Å². The number of benzene rings is 1. The van der Waals surface area contributed by atoms with Gasteiger partial charge in [-0.2, -0.15) is 0 Å². The van der Waals surface area contributed by atoms with E-state index in [0.717, 1.165) is 11.3 Å². The van der Waals surface area contributed by atoms with Gasteiger partial charge in [-0.25, -0.2) is 0 Å². The van der Waals surface area contributed by atoms with E-state index in [1.807, 2.05) is 31.2 Å². The van der Waals surface area contributed by atoms with Gasteiger partial charge in [-0.15, -0.1) is 11.6 Å². The van der Waals surface area contributed by atoms with Crippen LogP contribution in [0, 0.1) is 6.92 Å². The van der Waals surface area contributed by atoms with Crippen molar-refractivity contribution in [2.75, 3.05) is 26.1 Å². The number of ether oxygens (including phenoxy) is 1. The van der Waals surface area contributed by atoms with Crippen molar-refractivity contribution in [2.45, 2.75) is 13.3 Å². The van der Waals surface area contributed by atoms with Crippen LogP contribution < -0.4 is 4.74 Å². The minimum Gasteiger partial charge on any atom is -0.491 e. The number of para-hydroxylation sites is 1. The second-order valence-corrected chi connectivity index (χ2v) is 4.25. The fraction of sp³-hybridized carbons (Fsp3) is 0.462. The standard InChI is InChI=1S/C13H18ClNO2/c1-11-5-3-4-6-12(11)17-10-9-15(2)13(16)7-8-14/h3-6H,7-10H2,1-2H3. The molecule has 0 radical (unpaired) electrons. The number of amides is 1. The van der Waals surface area contributed by atoms with E-state index >= 15 is 0 Å². The molecule has 0 N–H and O–H groups in total. The van der Waals surface area contributed by atoms with Gasteiger partial charge < -0.3 is 9.64 Å². The van der Waals surface area contributed by atoms with Crippen molar-refractivity contribution in [3.63, 3.8) is 0 Å². The van der Waals surface area contributed by atoms with Crippen molar-refractivity contribution in [1.82, 2.24) is 4.90 Å². The molecular formula is C13H18ClNO2. The Morgan fingerprint density at radius 1 is 1.41 bits per heavy atom. The Bertz CT molecular complexity index is 368. The van der Waals surface area contributed by atoms with E-state index in [2.05, 4.69) is 0 Å². The molecule has 1 aromatic carbocycles. The first kappa shape index (κ1) is 13.8. The normalized spacial score (nSPS) is 10.1. The number of alkyl halides is 1. The first-order valence-electron chi connectivity index (χ1n) is 5.63. The van der Waals surface area contributed by atoms with E-state index in [9.17, 15) is 4.79 Å². The Labute approximate surface area is 107 Å². The zero-order valence-corrected chi connectivity index (χ0v) is 11.0. The molecule has 0 atom stereocenters. The molecule has 0 saturated heterocycles. The molecule has 94 valence electrons. The van der Waals surface area contributed by atoms with Crippen LogP contribution in [-0.4, -0.2) is 36.9 Å². The molecule has 0 saturated carbocycles. The molecule has 4 heteroatoms. The first-order valence-corrected chi connectivity index (χ1v) is 6.17. The Hall–Kier alpha value is -1.22. The third-order valence-corrected chi connectivity index (χ3v) is 2.70. The average Bonchev–Trinajstić information content (AvgIpc) is 2.31. The highest BCUT2D eigenvalue weighted by atomic mass is 35.5. The zero-order valence-electron chi connectivity index (χ0n) is 10.3. The number of hydrogen-bond acceptors (Lipinski definition) is 2. The fourth-order valence-corrected chi connectivity index (χ4v) is 1.57. The number of nitrogens with zero attached hydrogens (tertiary/aromatic N) is 1. The highest BCUT2D eigenvalue weighted by Crippen LogP contribution is 2.15. The van der Waals surface area contributed by atoms with Crippen LogP contribution in [0.15, 0.2) is 24.3 Å². The summed E-state index contributed by atoms with van der Waals surface area (Å²) in [6, 6.07) is 7.83. The minimum atomic E-state index is 0.0494. The van der Waals surface area contributed by atoms with E-state index in [1.54, 1.807) is 11.9 Å². The number of rotatable bonds is 6. The lowest BCUT2D eigenvalue weighted by Crippen LogP contribution is -2.30. The van der Waals surface area contributed by atoms with Crippen LogP contribution in [0.1, 0.15) is 12.0 Å². The quantitative estimate of drug-likeness (QED) is 0.731. The molecule has 0 spiro atoms. The molecule has 0 fully saturated rings. The summed E-state index contributed by atoms with van der Waals surface area (Å²) in [6.45, 7) is 3.07. The molecule has 17 heavy (non-hydrogen) atoms. The van der Waals surface area contributed by atoms with Crippen molar-refractivity contribution in [2.24, 2.45) is 0 Å². The Morgan fingerprint density at radius 2 is 2.12 bits per heavy atom. The lowest BCUT2D eigenvalue weighted by molar-refractivity contribution is -0.129. The van der Waals surface area contributed by atoms with Gasteiger partial charge in [-0.3, -0.25) is 4.79 Å². The third kappa shape index (κ3) is 4.65. The topological polar surface area (TPSA) is 29.5 Å². The maximum absolute atomic E-state index is 11.4. The predicted molar refractivity (Wildman–Crippen MR) is 69.6 cm³/mol. The predicted octanol–water partition coefficient (Wildman–Crippen LogP) is 2.46. The molecule has 0 aliphatic rings. The van der Waals surface area contributed by atoms with Gasteiger partial charge in [0.2, 0.25) is 5.91 Å². The van der Waals surface area contributed by atoms with Gasteiger partial charge in [-0.05, 0) is 18.6 Å². The Balaban J connectivity index is 2.33. The molecule has 0 aliphatic carbocycles. The van der Waals surface area contributed by atoms with Crippen molar-refractivity contribution in [3.8, 4) is 5.75 Å². The van der Waals surface area contributed by atoms with Crippen molar-refractivity contribution < 1.29 is 9.53 Å². The molecule has 0 bridgehead atoms. The number of hydrogen-bond donors (Lipinski definition) is 0. The van der Waals surface area contributed by atoms with Gasteiger partial charge in [0.25, 0.3) is 0 Å². The van der Waals surface area contributed by atoms with Gasteiger partial charge in [0.05, 0.1) is 6.54 Å². The van der Waals surface area contributed by atoms with Crippen LogP contribution in [0.5, 0.6) is 5.75 Å². The molecular weight excluding hydrogens is 238 g/mol. The monoisotopic (exact) mass is 255 g/mol. The number of carbonyl (C=O) groups excluding carboxylic acids is 1. The van der Waals surface area contributed by atoms with Crippen LogP contribution in [-0.2, 0) is 4.79 Å². The molecule has 0 unspecified atom stereocenters. The largest absolute Gasteiger partial charge is 0.491 e. The molecule has 0 aliphatic heterocycles. The van der Waals surface area contributed by atoms with Crippen LogP contribution in [0.25, 0.3) is 0 Å². The van der Waals surface area contributed by atoms with Crippen molar-refractivity contribution in [3.05, 3.63) is 29.8 Å². The van der Waals surface area contributed by atoms with Crippen LogP contribution in [0.2, 0.25) is 0 Å². The van der Waals surface area contributed by atoms with Gasteiger partial charge in [0, 0.05) is 19.3 Å². The summed E-state index contributed by atoms with van der Waals surface area (Å²) in [4.78, 5) is 13.1. The van der Waals surface area contributed by atoms with Gasteiger partial charge in [0.1, 0.15) is 12.4 Å². The zero-order chi connectivity index (χ0) is 12.7. The van der Waals surface area contributed by atoms with Crippen molar-refractivity contribution >= 4 is 17.5 Å². The van der Waals surface area contributed by atoms with E-state index < -0.39 is 0 Å². The van der Waals surface area contributed by atoms with Gasteiger partial charge in [0.15, 0.2) is 0 Å². The summed E-state index contributed by atoms with van der Waals surface area (Å²) >= 11 is 5.51. The third-order valence-electron chi connectivity index (χ3n) is 2.51. The van der Waals surface area contributed by atoms with Gasteiger partial charge >= 0.3 is 0 Å². The Morgan fingerprint density at radius 3 is 2.76 bits per heavy atom. The highest BCUT2D eigenvalue weighted by molar-refractivity contribution is 6.18.